The SMILES string of the molecule is C=CCn1c(SCC(=O)Nc2c(Cl)cccc2Cl)nnc1C1CCCCC1. The van der Waals surface area contributed by atoms with Gasteiger partial charge in [-0.05, 0) is 25.0 Å². The number of amides is 1. The van der Waals surface area contributed by atoms with E-state index in [0.717, 1.165) is 23.8 Å². The maximum Gasteiger partial charge on any atom is 0.234 e. The largest absolute Gasteiger partial charge is 0.323 e. The van der Waals surface area contributed by atoms with Crippen LogP contribution in [0.25, 0.3) is 0 Å². The van der Waals surface area contributed by atoms with Crippen LogP contribution in [0.2, 0.25) is 10.0 Å². The summed E-state index contributed by atoms with van der Waals surface area (Å²) in [5.74, 6) is 1.45. The van der Waals surface area contributed by atoms with Gasteiger partial charge < -0.3 is 9.88 Å². The highest BCUT2D eigenvalue weighted by atomic mass is 35.5. The van der Waals surface area contributed by atoms with Crippen LogP contribution < -0.4 is 5.32 Å². The van der Waals surface area contributed by atoms with E-state index < -0.39 is 0 Å². The molecule has 0 atom stereocenters. The number of anilines is 1. The van der Waals surface area contributed by atoms with E-state index in [0.29, 0.717) is 28.2 Å². The van der Waals surface area contributed by atoms with E-state index in [9.17, 15) is 4.79 Å². The zero-order chi connectivity index (χ0) is 19.2. The van der Waals surface area contributed by atoms with Gasteiger partial charge in [-0.25, -0.2) is 0 Å². The highest BCUT2D eigenvalue weighted by Crippen LogP contribution is 2.33. The number of rotatable bonds is 7. The van der Waals surface area contributed by atoms with E-state index >= 15 is 0 Å². The van der Waals surface area contributed by atoms with Gasteiger partial charge in [-0.1, -0.05) is 66.4 Å². The zero-order valence-corrected chi connectivity index (χ0v) is 17.3. The first-order valence-electron chi connectivity index (χ1n) is 9.00. The molecule has 1 fully saturated rings. The lowest BCUT2D eigenvalue weighted by atomic mass is 9.89. The van der Waals surface area contributed by atoms with Gasteiger partial charge in [0, 0.05) is 12.5 Å². The second kappa shape index (κ2) is 9.62. The Labute approximate surface area is 173 Å². The van der Waals surface area contributed by atoms with E-state index in [1.165, 1.54) is 31.0 Å². The Hall–Kier alpha value is -1.50. The van der Waals surface area contributed by atoms with E-state index in [1.807, 2.05) is 6.08 Å². The number of carbonyl (C=O) groups is 1. The van der Waals surface area contributed by atoms with E-state index in [4.69, 9.17) is 23.2 Å². The lowest BCUT2D eigenvalue weighted by Crippen LogP contribution is -2.16. The molecule has 1 aromatic heterocycles. The van der Waals surface area contributed by atoms with Crippen LogP contribution in [0.3, 0.4) is 0 Å². The molecule has 27 heavy (non-hydrogen) atoms. The van der Waals surface area contributed by atoms with Crippen LogP contribution in [0.5, 0.6) is 0 Å². The Balaban J connectivity index is 1.67. The second-order valence-corrected chi connectivity index (χ2v) is 8.27. The first-order chi connectivity index (χ1) is 13.1. The van der Waals surface area contributed by atoms with Gasteiger partial charge in [-0.3, -0.25) is 4.79 Å². The van der Waals surface area contributed by atoms with Crippen LogP contribution in [0.4, 0.5) is 5.69 Å². The summed E-state index contributed by atoms with van der Waals surface area (Å²) < 4.78 is 2.07. The zero-order valence-electron chi connectivity index (χ0n) is 15.0. The van der Waals surface area contributed by atoms with Gasteiger partial charge in [0.05, 0.1) is 21.5 Å². The molecule has 0 unspecified atom stereocenters. The summed E-state index contributed by atoms with van der Waals surface area (Å²) in [6, 6.07) is 5.11. The van der Waals surface area contributed by atoms with Crippen molar-refractivity contribution in [2.24, 2.45) is 0 Å². The van der Waals surface area contributed by atoms with Crippen molar-refractivity contribution in [2.45, 2.75) is 49.7 Å². The molecule has 0 saturated heterocycles. The van der Waals surface area contributed by atoms with Crippen LogP contribution in [0.1, 0.15) is 43.8 Å². The number of allylic oxidation sites excluding steroid dienone is 1. The lowest BCUT2D eigenvalue weighted by Gasteiger charge is -2.21. The summed E-state index contributed by atoms with van der Waals surface area (Å²) in [6.45, 7) is 4.48. The number of hydrogen-bond donors (Lipinski definition) is 1. The summed E-state index contributed by atoms with van der Waals surface area (Å²) in [6.07, 6.45) is 7.88. The van der Waals surface area contributed by atoms with Crippen molar-refractivity contribution >= 4 is 46.6 Å². The number of aromatic nitrogens is 3. The molecule has 1 aliphatic carbocycles. The average molecular weight is 425 g/mol. The molecule has 3 rings (SSSR count). The number of halogens is 2. The molecular formula is C19H22Cl2N4OS. The van der Waals surface area contributed by atoms with Gasteiger partial charge in [-0.2, -0.15) is 0 Å². The molecule has 1 heterocycles. The topological polar surface area (TPSA) is 59.8 Å². The minimum atomic E-state index is -0.192. The third-order valence-electron chi connectivity index (χ3n) is 4.59. The lowest BCUT2D eigenvalue weighted by molar-refractivity contribution is -0.113. The number of thioether (sulfide) groups is 1. The van der Waals surface area contributed by atoms with Gasteiger partial charge in [0.1, 0.15) is 5.82 Å². The predicted octanol–water partition coefficient (Wildman–Crippen LogP) is 5.55. The molecule has 0 aliphatic heterocycles. The molecule has 1 aliphatic rings. The summed E-state index contributed by atoms with van der Waals surface area (Å²) in [4.78, 5) is 12.3. The first-order valence-corrected chi connectivity index (χ1v) is 10.7. The van der Waals surface area contributed by atoms with Gasteiger partial charge >= 0.3 is 0 Å². The third kappa shape index (κ3) is 5.06. The Morgan fingerprint density at radius 2 is 1.96 bits per heavy atom. The summed E-state index contributed by atoms with van der Waals surface area (Å²) in [5, 5.41) is 13.1. The monoisotopic (exact) mass is 424 g/mol. The molecule has 144 valence electrons. The molecule has 0 spiro atoms. The van der Waals surface area contributed by atoms with E-state index in [2.05, 4.69) is 26.7 Å². The molecular weight excluding hydrogens is 403 g/mol. The van der Waals surface area contributed by atoms with Crippen LogP contribution in [0.15, 0.2) is 36.0 Å². The van der Waals surface area contributed by atoms with Gasteiger partial charge in [0.2, 0.25) is 5.91 Å². The van der Waals surface area contributed by atoms with Gasteiger partial charge in [0.25, 0.3) is 0 Å². The normalized spacial score (nSPS) is 14.9. The molecule has 5 nitrogen and oxygen atoms in total. The number of para-hydroxylation sites is 1. The van der Waals surface area contributed by atoms with Gasteiger partial charge in [-0.15, -0.1) is 16.8 Å². The van der Waals surface area contributed by atoms with Crippen molar-refractivity contribution in [3.8, 4) is 0 Å². The summed E-state index contributed by atoms with van der Waals surface area (Å²) in [7, 11) is 0. The van der Waals surface area contributed by atoms with Crippen LogP contribution in [0, 0.1) is 0 Å². The van der Waals surface area contributed by atoms with Crippen molar-refractivity contribution in [3.63, 3.8) is 0 Å². The van der Waals surface area contributed by atoms with Crippen molar-refractivity contribution < 1.29 is 4.79 Å². The Bertz CT molecular complexity index is 798. The fourth-order valence-electron chi connectivity index (χ4n) is 3.29. The molecule has 1 amide bonds. The number of hydrogen-bond acceptors (Lipinski definition) is 4. The smallest absolute Gasteiger partial charge is 0.234 e. The molecule has 2 aromatic rings. The molecule has 1 N–H and O–H groups in total. The fourth-order valence-corrected chi connectivity index (χ4v) is 4.54. The third-order valence-corrected chi connectivity index (χ3v) is 6.18. The van der Waals surface area contributed by atoms with E-state index in [-0.39, 0.29) is 11.7 Å². The van der Waals surface area contributed by atoms with Crippen molar-refractivity contribution in [1.82, 2.24) is 14.8 Å². The van der Waals surface area contributed by atoms with Crippen molar-refractivity contribution in [3.05, 3.63) is 46.7 Å². The maximum absolute atomic E-state index is 12.3. The van der Waals surface area contributed by atoms with Crippen LogP contribution in [-0.4, -0.2) is 26.4 Å². The Kier molecular flexibility index (Phi) is 7.21. The first kappa shape index (κ1) is 20.2. The fraction of sp³-hybridized carbons (Fsp3) is 0.421. The van der Waals surface area contributed by atoms with Crippen molar-refractivity contribution in [2.75, 3.05) is 11.1 Å². The number of nitrogens with one attached hydrogen (secondary N) is 1. The quantitative estimate of drug-likeness (QED) is 0.467. The summed E-state index contributed by atoms with van der Waals surface area (Å²) >= 11 is 13.6. The minimum absolute atomic E-state index is 0.192. The number of nitrogens with zero attached hydrogens (tertiary/aromatic N) is 3. The highest BCUT2D eigenvalue weighted by molar-refractivity contribution is 7.99. The second-order valence-electron chi connectivity index (χ2n) is 6.51. The molecule has 1 aromatic carbocycles. The van der Waals surface area contributed by atoms with Crippen molar-refractivity contribution in [1.29, 1.82) is 0 Å². The van der Waals surface area contributed by atoms with Crippen LogP contribution in [-0.2, 0) is 11.3 Å². The number of carbonyl (C=O) groups excluding carboxylic acids is 1. The molecule has 0 radical (unpaired) electrons. The maximum atomic E-state index is 12.3. The van der Waals surface area contributed by atoms with Gasteiger partial charge in [0.15, 0.2) is 5.16 Å². The molecule has 1 saturated carbocycles. The summed E-state index contributed by atoms with van der Waals surface area (Å²) in [5.41, 5.74) is 0.432. The Morgan fingerprint density at radius 1 is 1.26 bits per heavy atom. The minimum Gasteiger partial charge on any atom is -0.323 e. The highest BCUT2D eigenvalue weighted by Gasteiger charge is 2.23. The Morgan fingerprint density at radius 3 is 2.63 bits per heavy atom. The number of benzene rings is 1. The molecule has 0 bridgehead atoms. The average Bonchev–Trinajstić information content (AvgIpc) is 3.07. The predicted molar refractivity (Wildman–Crippen MR) is 112 cm³/mol. The molecule has 8 heteroatoms. The van der Waals surface area contributed by atoms with Crippen LogP contribution >= 0.6 is 35.0 Å². The standard InChI is InChI=1S/C19H22Cl2N4OS/c1-2-11-25-18(13-7-4-3-5-8-13)23-24-19(25)27-12-16(26)22-17-14(20)9-6-10-15(17)21/h2,6,9-10,13H,1,3-5,7-8,11-12H2,(H,22,26). The van der Waals surface area contributed by atoms with E-state index in [1.54, 1.807) is 18.2 Å².